The Balaban J connectivity index is 1.59. The summed E-state index contributed by atoms with van der Waals surface area (Å²) in [5.41, 5.74) is 9.62. The number of carbonyl (C=O) groups is 3. The van der Waals surface area contributed by atoms with Gasteiger partial charge in [-0.3, -0.25) is 14.5 Å². The number of halogens is 1. The third-order valence-electron chi connectivity index (χ3n) is 7.04. The number of hydrogen-bond donors (Lipinski definition) is 3. The molecule has 0 unspecified atom stereocenters. The van der Waals surface area contributed by atoms with E-state index in [1.165, 1.54) is 11.0 Å². The number of benzene rings is 4. The van der Waals surface area contributed by atoms with Crippen molar-refractivity contribution in [1.82, 2.24) is 15.5 Å². The third-order valence-corrected chi connectivity index (χ3v) is 7.28. The first kappa shape index (κ1) is 32.3. The van der Waals surface area contributed by atoms with Gasteiger partial charge >= 0.3 is 6.03 Å². The van der Waals surface area contributed by atoms with Crippen molar-refractivity contribution in [2.75, 3.05) is 13.2 Å². The first-order valence-corrected chi connectivity index (χ1v) is 14.9. The number of imide groups is 1. The molecule has 0 heterocycles. The molecule has 44 heavy (non-hydrogen) atoms. The number of ether oxygens (including phenoxy) is 1. The third kappa shape index (κ3) is 9.42. The Labute approximate surface area is 263 Å². The van der Waals surface area contributed by atoms with Crippen LogP contribution >= 0.6 is 11.6 Å². The van der Waals surface area contributed by atoms with Gasteiger partial charge in [-0.1, -0.05) is 84.4 Å². The summed E-state index contributed by atoms with van der Waals surface area (Å²) >= 11 is 6.13. The van der Waals surface area contributed by atoms with E-state index in [0.717, 1.165) is 22.3 Å². The minimum Gasteiger partial charge on any atom is -0.494 e. The van der Waals surface area contributed by atoms with E-state index in [9.17, 15) is 14.4 Å². The number of nitrogens with two attached hydrogens (primary N) is 1. The van der Waals surface area contributed by atoms with Crippen LogP contribution in [0.5, 0.6) is 5.75 Å². The molecule has 0 aromatic heterocycles. The number of hydrogen-bond acceptors (Lipinski definition) is 5. The molecule has 0 aliphatic rings. The molecule has 4 rings (SSSR count). The molecule has 4 aromatic rings. The van der Waals surface area contributed by atoms with Crippen molar-refractivity contribution in [3.8, 4) is 5.75 Å². The maximum atomic E-state index is 14.2. The molecule has 4 aromatic carbocycles. The minimum atomic E-state index is -1.04. The molecular formula is C35H37ClN4O4. The summed E-state index contributed by atoms with van der Waals surface area (Å²) in [6.45, 7) is 3.19. The quantitative estimate of drug-likeness (QED) is 0.184. The average molecular weight is 613 g/mol. The monoisotopic (exact) mass is 612 g/mol. The second kappa shape index (κ2) is 16.3. The fourth-order valence-corrected chi connectivity index (χ4v) is 4.84. The van der Waals surface area contributed by atoms with Crippen LogP contribution in [-0.2, 0) is 30.7 Å². The van der Waals surface area contributed by atoms with Crippen molar-refractivity contribution in [3.63, 3.8) is 0 Å². The normalized spacial score (nSPS) is 11.3. The Hall–Kier alpha value is -4.66. The first-order valence-electron chi connectivity index (χ1n) is 14.6. The highest BCUT2D eigenvalue weighted by Gasteiger charge is 2.30. The fraction of sp³-hybridized carbons (Fsp3) is 0.229. The smallest absolute Gasteiger partial charge is 0.324 e. The van der Waals surface area contributed by atoms with Gasteiger partial charge in [0, 0.05) is 36.6 Å². The van der Waals surface area contributed by atoms with Gasteiger partial charge in [-0.15, -0.1) is 0 Å². The highest BCUT2D eigenvalue weighted by atomic mass is 35.5. The number of carbonyl (C=O) groups excluding carboxylic acids is 3. The SMILES string of the molecule is CCOc1ccc(C[C@@H](NC(=O)c2cccc(Cl)c2)C(=O)N(CCc2ccccc2)C(=O)NCc2ccc(CN)cc2)cc1. The molecular weight excluding hydrogens is 576 g/mol. The lowest BCUT2D eigenvalue weighted by molar-refractivity contribution is -0.130. The molecule has 0 aliphatic carbocycles. The van der Waals surface area contributed by atoms with E-state index in [-0.39, 0.29) is 19.5 Å². The fourth-order valence-electron chi connectivity index (χ4n) is 4.65. The van der Waals surface area contributed by atoms with Crippen LogP contribution in [-0.4, -0.2) is 41.9 Å². The number of nitrogens with zero attached hydrogens (tertiary/aromatic N) is 1. The van der Waals surface area contributed by atoms with Gasteiger partial charge in [-0.25, -0.2) is 4.79 Å². The molecule has 8 nitrogen and oxygen atoms in total. The van der Waals surface area contributed by atoms with Gasteiger partial charge in [-0.05, 0) is 65.9 Å². The standard InChI is InChI=1S/C35H37ClN4O4/c1-2-44-31-17-15-26(16-18-31)21-32(39-33(41)29-9-6-10-30(36)22-29)34(42)40(20-19-25-7-4-3-5-8-25)35(43)38-24-28-13-11-27(23-37)12-14-28/h3-18,22,32H,2,19-21,23-24,37H2,1H3,(H,38,43)(H,39,41)/t32-/m1/s1. The summed E-state index contributed by atoms with van der Waals surface area (Å²) in [4.78, 5) is 42.3. The molecule has 0 saturated carbocycles. The van der Waals surface area contributed by atoms with Crippen LogP contribution in [0.25, 0.3) is 0 Å². The summed E-state index contributed by atoms with van der Waals surface area (Å²) in [6.07, 6.45) is 0.608. The Morgan fingerprint density at radius 2 is 1.52 bits per heavy atom. The van der Waals surface area contributed by atoms with Gasteiger partial charge < -0.3 is 21.1 Å². The zero-order valence-electron chi connectivity index (χ0n) is 24.7. The average Bonchev–Trinajstić information content (AvgIpc) is 3.05. The van der Waals surface area contributed by atoms with E-state index in [1.54, 1.807) is 18.2 Å². The summed E-state index contributed by atoms with van der Waals surface area (Å²) < 4.78 is 5.55. The van der Waals surface area contributed by atoms with Gasteiger partial charge in [0.1, 0.15) is 11.8 Å². The highest BCUT2D eigenvalue weighted by molar-refractivity contribution is 6.31. The summed E-state index contributed by atoms with van der Waals surface area (Å²) in [6, 6.07) is 29.4. The molecule has 1 atom stereocenters. The van der Waals surface area contributed by atoms with Crippen LogP contribution in [0, 0.1) is 0 Å². The van der Waals surface area contributed by atoms with Gasteiger partial charge in [0.2, 0.25) is 0 Å². The number of urea groups is 1. The Bertz CT molecular complexity index is 1530. The first-order chi connectivity index (χ1) is 21.4. The van der Waals surface area contributed by atoms with Crippen LogP contribution in [0.4, 0.5) is 4.79 Å². The molecule has 0 bridgehead atoms. The molecule has 228 valence electrons. The van der Waals surface area contributed by atoms with Crippen LogP contribution < -0.4 is 21.1 Å². The summed E-state index contributed by atoms with van der Waals surface area (Å²) in [5.74, 6) is -0.299. The predicted octanol–water partition coefficient (Wildman–Crippen LogP) is 5.52. The largest absolute Gasteiger partial charge is 0.494 e. The van der Waals surface area contributed by atoms with Gasteiger partial charge in [0.05, 0.1) is 6.61 Å². The van der Waals surface area contributed by atoms with E-state index in [2.05, 4.69) is 10.6 Å². The van der Waals surface area contributed by atoms with Crippen molar-refractivity contribution < 1.29 is 19.1 Å². The molecule has 0 fully saturated rings. The second-order valence-electron chi connectivity index (χ2n) is 10.2. The maximum Gasteiger partial charge on any atom is 0.324 e. The lowest BCUT2D eigenvalue weighted by Gasteiger charge is -2.27. The molecule has 0 saturated heterocycles. The van der Waals surface area contributed by atoms with Crippen molar-refractivity contribution in [3.05, 3.63) is 136 Å². The Morgan fingerprint density at radius 3 is 2.18 bits per heavy atom. The summed E-state index contributed by atoms with van der Waals surface area (Å²) in [7, 11) is 0. The van der Waals surface area contributed by atoms with Crippen molar-refractivity contribution in [2.24, 2.45) is 5.73 Å². The molecule has 0 spiro atoms. The van der Waals surface area contributed by atoms with E-state index in [0.29, 0.717) is 35.9 Å². The number of rotatable bonds is 13. The van der Waals surface area contributed by atoms with Gasteiger partial charge in [-0.2, -0.15) is 0 Å². The Kier molecular flexibility index (Phi) is 11.9. The Morgan fingerprint density at radius 1 is 0.841 bits per heavy atom. The zero-order valence-corrected chi connectivity index (χ0v) is 25.4. The van der Waals surface area contributed by atoms with E-state index >= 15 is 0 Å². The molecule has 0 aliphatic heterocycles. The minimum absolute atomic E-state index is 0.119. The van der Waals surface area contributed by atoms with Crippen molar-refractivity contribution in [1.29, 1.82) is 0 Å². The molecule has 4 amide bonds. The van der Waals surface area contributed by atoms with Crippen molar-refractivity contribution >= 4 is 29.4 Å². The van der Waals surface area contributed by atoms with Gasteiger partial charge in [0.15, 0.2) is 0 Å². The predicted molar refractivity (Wildman–Crippen MR) is 172 cm³/mol. The van der Waals surface area contributed by atoms with Crippen LogP contribution in [0.15, 0.2) is 103 Å². The van der Waals surface area contributed by atoms with Crippen LogP contribution in [0.2, 0.25) is 5.02 Å². The second-order valence-corrected chi connectivity index (χ2v) is 10.7. The van der Waals surface area contributed by atoms with Crippen LogP contribution in [0.1, 0.15) is 39.5 Å². The van der Waals surface area contributed by atoms with Crippen molar-refractivity contribution in [2.45, 2.75) is 38.9 Å². The van der Waals surface area contributed by atoms with E-state index in [1.807, 2.05) is 85.8 Å². The molecule has 4 N–H and O–H groups in total. The maximum absolute atomic E-state index is 14.2. The van der Waals surface area contributed by atoms with E-state index in [4.69, 9.17) is 22.1 Å². The lowest BCUT2D eigenvalue weighted by Crippen LogP contribution is -2.54. The van der Waals surface area contributed by atoms with E-state index < -0.39 is 23.9 Å². The number of nitrogens with one attached hydrogen (secondary N) is 2. The zero-order chi connectivity index (χ0) is 31.3. The topological polar surface area (TPSA) is 114 Å². The molecule has 0 radical (unpaired) electrons. The number of amides is 4. The van der Waals surface area contributed by atoms with Crippen LogP contribution in [0.3, 0.4) is 0 Å². The highest BCUT2D eigenvalue weighted by Crippen LogP contribution is 2.16. The lowest BCUT2D eigenvalue weighted by atomic mass is 10.0. The van der Waals surface area contributed by atoms with Gasteiger partial charge in [0.25, 0.3) is 11.8 Å². The molecule has 9 heteroatoms. The summed E-state index contributed by atoms with van der Waals surface area (Å²) in [5, 5.41) is 6.13.